The molecule has 1 aliphatic heterocycles. The molecule has 6 heteroatoms. The van der Waals surface area contributed by atoms with E-state index in [-0.39, 0.29) is 5.91 Å². The van der Waals surface area contributed by atoms with Crippen LogP contribution in [0.25, 0.3) is 10.9 Å². The van der Waals surface area contributed by atoms with Crippen LogP contribution in [0.1, 0.15) is 28.5 Å². The van der Waals surface area contributed by atoms with Crippen LogP contribution in [0.5, 0.6) is 0 Å². The Morgan fingerprint density at radius 3 is 3.04 bits per heavy atom. The molecule has 3 heterocycles. The van der Waals surface area contributed by atoms with Gasteiger partial charge in [-0.1, -0.05) is 18.2 Å². The van der Waals surface area contributed by atoms with Crippen LogP contribution in [0.3, 0.4) is 0 Å². The number of carbonyl (C=O) groups excluding carboxylic acids is 1. The highest BCUT2D eigenvalue weighted by atomic mass is 32.1. The van der Waals surface area contributed by atoms with Crippen molar-refractivity contribution in [3.8, 4) is 0 Å². The maximum absolute atomic E-state index is 11.9. The Morgan fingerprint density at radius 2 is 2.21 bits per heavy atom. The predicted octanol–water partition coefficient (Wildman–Crippen LogP) is 3.31. The SMILES string of the molecule is CC(=O)n1cc(CN2CCc3[nH]c(=S)ncc3C2)c2ccccc21. The summed E-state index contributed by atoms with van der Waals surface area (Å²) in [6.07, 6.45) is 4.78. The Labute approximate surface area is 144 Å². The van der Waals surface area contributed by atoms with Gasteiger partial charge >= 0.3 is 0 Å². The molecule has 0 amide bonds. The molecule has 0 saturated heterocycles. The molecule has 4 rings (SSSR count). The van der Waals surface area contributed by atoms with Gasteiger partial charge in [-0.05, 0) is 23.8 Å². The van der Waals surface area contributed by atoms with Crippen LogP contribution in [-0.4, -0.2) is 31.9 Å². The second-order valence-electron chi connectivity index (χ2n) is 6.21. The van der Waals surface area contributed by atoms with Gasteiger partial charge in [0.1, 0.15) is 0 Å². The van der Waals surface area contributed by atoms with Crippen LogP contribution >= 0.6 is 12.2 Å². The quantitative estimate of drug-likeness (QED) is 0.729. The Balaban J connectivity index is 1.65. The molecule has 3 aromatic rings. The molecule has 5 nitrogen and oxygen atoms in total. The third-order valence-electron chi connectivity index (χ3n) is 4.58. The third-order valence-corrected chi connectivity index (χ3v) is 4.79. The van der Waals surface area contributed by atoms with Crippen molar-refractivity contribution in [2.75, 3.05) is 6.54 Å². The summed E-state index contributed by atoms with van der Waals surface area (Å²) < 4.78 is 2.29. The van der Waals surface area contributed by atoms with Crippen molar-refractivity contribution >= 4 is 29.0 Å². The van der Waals surface area contributed by atoms with Crippen molar-refractivity contribution in [1.82, 2.24) is 19.4 Å². The van der Waals surface area contributed by atoms with Gasteiger partial charge in [0.05, 0.1) is 5.52 Å². The van der Waals surface area contributed by atoms with E-state index in [0.29, 0.717) is 4.77 Å². The number of H-pyrrole nitrogens is 1. The average Bonchev–Trinajstić information content (AvgIpc) is 2.94. The Bertz CT molecular complexity index is 988. The molecule has 0 spiro atoms. The van der Waals surface area contributed by atoms with Crippen molar-refractivity contribution in [3.63, 3.8) is 0 Å². The van der Waals surface area contributed by atoms with Gasteiger partial charge in [0.2, 0.25) is 5.91 Å². The van der Waals surface area contributed by atoms with Crippen LogP contribution < -0.4 is 0 Å². The van der Waals surface area contributed by atoms with E-state index in [1.165, 1.54) is 16.8 Å². The molecule has 0 unspecified atom stereocenters. The number of benzene rings is 1. The van der Waals surface area contributed by atoms with Gasteiger partial charge in [0, 0.05) is 62.0 Å². The highest BCUT2D eigenvalue weighted by Crippen LogP contribution is 2.25. The molecule has 1 aromatic carbocycles. The van der Waals surface area contributed by atoms with E-state index in [4.69, 9.17) is 12.2 Å². The van der Waals surface area contributed by atoms with Crippen molar-refractivity contribution in [1.29, 1.82) is 0 Å². The van der Waals surface area contributed by atoms with Gasteiger partial charge in [-0.2, -0.15) is 0 Å². The molecule has 1 aliphatic rings. The normalized spacial score (nSPS) is 14.7. The van der Waals surface area contributed by atoms with E-state index in [9.17, 15) is 4.79 Å². The average molecular weight is 338 g/mol. The minimum Gasteiger partial charge on any atom is -0.334 e. The topological polar surface area (TPSA) is 53.9 Å². The highest BCUT2D eigenvalue weighted by Gasteiger charge is 2.19. The number of hydrogen-bond donors (Lipinski definition) is 1. The largest absolute Gasteiger partial charge is 0.334 e. The molecule has 0 atom stereocenters. The summed E-state index contributed by atoms with van der Waals surface area (Å²) in [4.78, 5) is 21.7. The fourth-order valence-corrected chi connectivity index (χ4v) is 3.59. The summed E-state index contributed by atoms with van der Waals surface area (Å²) in [5, 5.41) is 1.14. The van der Waals surface area contributed by atoms with E-state index >= 15 is 0 Å². The number of aromatic amines is 1. The Kier molecular flexibility index (Phi) is 3.78. The number of nitrogens with one attached hydrogen (secondary N) is 1. The van der Waals surface area contributed by atoms with Crippen LogP contribution in [-0.2, 0) is 19.5 Å². The number of hydrogen-bond acceptors (Lipinski definition) is 4. The lowest BCUT2D eigenvalue weighted by molar-refractivity contribution is 0.0941. The molecule has 0 saturated carbocycles. The summed E-state index contributed by atoms with van der Waals surface area (Å²) in [6, 6.07) is 8.07. The maximum Gasteiger partial charge on any atom is 0.227 e. The maximum atomic E-state index is 11.9. The van der Waals surface area contributed by atoms with E-state index in [1.807, 2.05) is 30.6 Å². The van der Waals surface area contributed by atoms with Gasteiger partial charge in [-0.3, -0.25) is 14.3 Å². The number of para-hydroxylation sites is 1. The van der Waals surface area contributed by atoms with Crippen molar-refractivity contribution in [2.24, 2.45) is 0 Å². The third kappa shape index (κ3) is 2.68. The second-order valence-corrected chi connectivity index (χ2v) is 6.60. The number of aromatic nitrogens is 3. The summed E-state index contributed by atoms with van der Waals surface area (Å²) in [5.74, 6) is 0.0400. The molecular weight excluding hydrogens is 320 g/mol. The first-order valence-electron chi connectivity index (χ1n) is 8.01. The molecular formula is C18H18N4OS. The minimum absolute atomic E-state index is 0.0400. The van der Waals surface area contributed by atoms with Crippen LogP contribution in [0.15, 0.2) is 36.7 Å². The number of rotatable bonds is 2. The molecule has 24 heavy (non-hydrogen) atoms. The summed E-state index contributed by atoms with van der Waals surface area (Å²) in [5.41, 5.74) is 4.55. The first kappa shape index (κ1) is 15.2. The molecule has 1 N–H and O–H groups in total. The fraction of sp³-hybridized carbons (Fsp3) is 0.278. The lowest BCUT2D eigenvalue weighted by Crippen LogP contribution is -2.30. The molecule has 0 radical (unpaired) electrons. The highest BCUT2D eigenvalue weighted by molar-refractivity contribution is 7.71. The lowest BCUT2D eigenvalue weighted by atomic mass is 10.1. The first-order chi connectivity index (χ1) is 11.6. The molecule has 0 aliphatic carbocycles. The monoisotopic (exact) mass is 338 g/mol. The predicted molar refractivity (Wildman–Crippen MR) is 95.5 cm³/mol. The van der Waals surface area contributed by atoms with Crippen molar-refractivity contribution < 1.29 is 4.79 Å². The number of nitrogens with zero attached hydrogens (tertiary/aromatic N) is 3. The zero-order valence-electron chi connectivity index (χ0n) is 13.5. The van der Waals surface area contributed by atoms with Crippen molar-refractivity contribution in [2.45, 2.75) is 26.4 Å². The Hall–Kier alpha value is -2.31. The van der Waals surface area contributed by atoms with E-state index in [1.54, 1.807) is 11.5 Å². The minimum atomic E-state index is 0.0400. The second kappa shape index (κ2) is 5.96. The van der Waals surface area contributed by atoms with E-state index in [2.05, 4.69) is 20.9 Å². The fourth-order valence-electron chi connectivity index (χ4n) is 3.42. The van der Waals surface area contributed by atoms with Gasteiger partial charge in [0.25, 0.3) is 0 Å². The van der Waals surface area contributed by atoms with Crippen LogP contribution in [0, 0.1) is 4.77 Å². The van der Waals surface area contributed by atoms with Gasteiger partial charge in [-0.25, -0.2) is 4.98 Å². The summed E-state index contributed by atoms with van der Waals surface area (Å²) in [7, 11) is 0. The molecule has 122 valence electrons. The molecule has 0 fully saturated rings. The summed E-state index contributed by atoms with van der Waals surface area (Å²) >= 11 is 5.10. The van der Waals surface area contributed by atoms with Crippen LogP contribution in [0.2, 0.25) is 0 Å². The number of fused-ring (bicyclic) bond motifs is 2. The van der Waals surface area contributed by atoms with Gasteiger partial charge in [0.15, 0.2) is 4.77 Å². The molecule has 0 bridgehead atoms. The van der Waals surface area contributed by atoms with Crippen molar-refractivity contribution in [3.05, 3.63) is 58.3 Å². The standard InChI is InChI=1S/C18H18N4OS/c1-12(23)22-11-14(15-4-2-3-5-17(15)22)10-21-7-6-16-13(9-21)8-19-18(24)20-16/h2-5,8,11H,6-7,9-10H2,1H3,(H,19,20,24). The smallest absolute Gasteiger partial charge is 0.227 e. The van der Waals surface area contributed by atoms with Gasteiger partial charge < -0.3 is 4.98 Å². The van der Waals surface area contributed by atoms with Crippen LogP contribution in [0.4, 0.5) is 0 Å². The summed E-state index contributed by atoms with van der Waals surface area (Å²) in [6.45, 7) is 4.22. The zero-order valence-corrected chi connectivity index (χ0v) is 14.3. The lowest BCUT2D eigenvalue weighted by Gasteiger charge is -2.27. The van der Waals surface area contributed by atoms with E-state index < -0.39 is 0 Å². The number of carbonyl (C=O) groups is 1. The van der Waals surface area contributed by atoms with Gasteiger partial charge in [-0.15, -0.1) is 0 Å². The molecule has 2 aromatic heterocycles. The van der Waals surface area contributed by atoms with E-state index in [0.717, 1.165) is 37.0 Å². The first-order valence-corrected chi connectivity index (χ1v) is 8.42. The Morgan fingerprint density at radius 1 is 1.38 bits per heavy atom. The zero-order chi connectivity index (χ0) is 16.7.